The molecular weight excluding hydrogens is 330 g/mol. The lowest BCUT2D eigenvalue weighted by atomic mass is 10.2. The Hall–Kier alpha value is -0.620. The van der Waals surface area contributed by atoms with E-state index in [-0.39, 0.29) is 5.91 Å². The van der Waals surface area contributed by atoms with Crippen LogP contribution in [0.15, 0.2) is 22.7 Å². The van der Waals surface area contributed by atoms with Gasteiger partial charge in [0.25, 0.3) is 5.91 Å². The van der Waals surface area contributed by atoms with Gasteiger partial charge in [0.05, 0.1) is 10.6 Å². The maximum Gasteiger partial charge on any atom is 0.252 e. The zero-order valence-corrected chi connectivity index (χ0v) is 12.9. The zero-order chi connectivity index (χ0) is 13.7. The molecule has 0 atom stereocenters. The third-order valence-electron chi connectivity index (χ3n) is 3.10. The van der Waals surface area contributed by atoms with Crippen LogP contribution in [0.5, 0.6) is 0 Å². The molecule has 0 saturated carbocycles. The number of carbonyl (C=O) groups is 1. The van der Waals surface area contributed by atoms with Crippen molar-refractivity contribution >= 4 is 33.4 Å². The summed E-state index contributed by atoms with van der Waals surface area (Å²) in [5.74, 6) is -0.124. The second-order valence-electron chi connectivity index (χ2n) is 4.47. The van der Waals surface area contributed by atoms with Crippen molar-refractivity contribution in [2.45, 2.75) is 0 Å². The molecule has 0 aromatic heterocycles. The summed E-state index contributed by atoms with van der Waals surface area (Å²) in [7, 11) is 0. The van der Waals surface area contributed by atoms with E-state index in [0.29, 0.717) is 17.1 Å². The highest BCUT2D eigenvalue weighted by atomic mass is 79.9. The number of piperazine rings is 1. The van der Waals surface area contributed by atoms with Gasteiger partial charge in [-0.05, 0) is 18.2 Å². The van der Waals surface area contributed by atoms with Crippen molar-refractivity contribution in [3.8, 4) is 0 Å². The molecule has 4 nitrogen and oxygen atoms in total. The summed E-state index contributed by atoms with van der Waals surface area (Å²) in [6.07, 6.45) is 0. The molecule has 0 spiro atoms. The lowest BCUT2D eigenvalue weighted by Gasteiger charge is -2.27. The molecule has 1 heterocycles. The van der Waals surface area contributed by atoms with Gasteiger partial charge in [-0.15, -0.1) is 0 Å². The summed E-state index contributed by atoms with van der Waals surface area (Å²) in [5.41, 5.74) is 0.511. The minimum atomic E-state index is -0.124. The number of amides is 1. The Morgan fingerprint density at radius 1 is 1.42 bits per heavy atom. The first kappa shape index (κ1) is 14.8. The number of nitrogens with one attached hydrogen (secondary N) is 2. The van der Waals surface area contributed by atoms with Crippen molar-refractivity contribution in [1.82, 2.24) is 15.5 Å². The van der Waals surface area contributed by atoms with Gasteiger partial charge in [-0.2, -0.15) is 0 Å². The summed E-state index contributed by atoms with van der Waals surface area (Å²) in [6, 6.07) is 5.28. The van der Waals surface area contributed by atoms with Gasteiger partial charge in [0.1, 0.15) is 0 Å². The zero-order valence-electron chi connectivity index (χ0n) is 10.6. The lowest BCUT2D eigenvalue weighted by molar-refractivity contribution is 0.0947. The van der Waals surface area contributed by atoms with Crippen LogP contribution >= 0.6 is 27.5 Å². The van der Waals surface area contributed by atoms with E-state index in [0.717, 1.165) is 37.2 Å². The van der Waals surface area contributed by atoms with Crippen LogP contribution in [0, 0.1) is 0 Å². The molecule has 0 aliphatic carbocycles. The summed E-state index contributed by atoms with van der Waals surface area (Å²) < 4.78 is 0.851. The van der Waals surface area contributed by atoms with Crippen LogP contribution in [-0.4, -0.2) is 50.1 Å². The topological polar surface area (TPSA) is 44.4 Å². The molecule has 0 radical (unpaired) electrons. The average molecular weight is 347 g/mol. The van der Waals surface area contributed by atoms with Crippen LogP contribution in [0.25, 0.3) is 0 Å². The Morgan fingerprint density at radius 3 is 2.89 bits per heavy atom. The smallest absolute Gasteiger partial charge is 0.252 e. The number of benzene rings is 1. The maximum atomic E-state index is 12.0. The van der Waals surface area contributed by atoms with Gasteiger partial charge in [-0.1, -0.05) is 27.5 Å². The molecule has 1 amide bonds. The van der Waals surface area contributed by atoms with Crippen molar-refractivity contribution in [1.29, 1.82) is 0 Å². The predicted octanol–water partition coefficient (Wildman–Crippen LogP) is 1.74. The molecular formula is C13H17BrClN3O. The molecule has 1 aromatic carbocycles. The van der Waals surface area contributed by atoms with E-state index in [1.165, 1.54) is 0 Å². The molecule has 0 bridgehead atoms. The van der Waals surface area contributed by atoms with E-state index in [9.17, 15) is 4.79 Å². The molecule has 2 N–H and O–H groups in total. The van der Waals surface area contributed by atoms with Crippen molar-refractivity contribution in [2.75, 3.05) is 39.3 Å². The molecule has 6 heteroatoms. The second-order valence-corrected chi connectivity index (χ2v) is 5.79. The molecule has 0 unspecified atom stereocenters. The van der Waals surface area contributed by atoms with Gasteiger partial charge in [-0.25, -0.2) is 0 Å². The van der Waals surface area contributed by atoms with E-state index in [1.54, 1.807) is 12.1 Å². The Kier molecular flexibility index (Phi) is 5.63. The Bertz CT molecular complexity index is 450. The number of halogens is 2. The van der Waals surface area contributed by atoms with Gasteiger partial charge >= 0.3 is 0 Å². The quantitative estimate of drug-likeness (QED) is 0.873. The molecule has 1 fully saturated rings. The number of hydrogen-bond acceptors (Lipinski definition) is 3. The van der Waals surface area contributed by atoms with Crippen molar-refractivity contribution in [2.24, 2.45) is 0 Å². The van der Waals surface area contributed by atoms with Crippen molar-refractivity contribution in [3.63, 3.8) is 0 Å². The van der Waals surface area contributed by atoms with Crippen LogP contribution in [0.3, 0.4) is 0 Å². The molecule has 104 valence electrons. The van der Waals surface area contributed by atoms with E-state index in [4.69, 9.17) is 11.6 Å². The fourth-order valence-electron chi connectivity index (χ4n) is 2.03. The van der Waals surface area contributed by atoms with Crippen LogP contribution in [0.1, 0.15) is 10.4 Å². The normalized spacial score (nSPS) is 16.3. The minimum absolute atomic E-state index is 0.124. The first-order valence-corrected chi connectivity index (χ1v) is 7.50. The van der Waals surface area contributed by atoms with Crippen LogP contribution in [0.2, 0.25) is 5.02 Å². The third-order valence-corrected chi connectivity index (χ3v) is 3.92. The molecule has 1 saturated heterocycles. The van der Waals surface area contributed by atoms with E-state index in [2.05, 4.69) is 31.5 Å². The maximum absolute atomic E-state index is 12.0. The van der Waals surface area contributed by atoms with E-state index < -0.39 is 0 Å². The molecule has 1 aliphatic rings. The van der Waals surface area contributed by atoms with Gasteiger partial charge in [-0.3, -0.25) is 9.69 Å². The number of nitrogens with zero attached hydrogens (tertiary/aromatic N) is 1. The first-order valence-electron chi connectivity index (χ1n) is 6.33. The summed E-state index contributed by atoms with van der Waals surface area (Å²) in [5, 5.41) is 6.68. The monoisotopic (exact) mass is 345 g/mol. The van der Waals surface area contributed by atoms with Crippen LogP contribution in [-0.2, 0) is 0 Å². The second kappa shape index (κ2) is 7.24. The number of rotatable bonds is 4. The average Bonchev–Trinajstić information content (AvgIpc) is 2.42. The Labute approximate surface area is 126 Å². The van der Waals surface area contributed by atoms with Gasteiger partial charge in [0.15, 0.2) is 0 Å². The highest BCUT2D eigenvalue weighted by Gasteiger charge is 2.12. The van der Waals surface area contributed by atoms with Crippen LogP contribution < -0.4 is 10.6 Å². The highest BCUT2D eigenvalue weighted by molar-refractivity contribution is 9.10. The number of carbonyl (C=O) groups excluding carboxylic acids is 1. The fourth-order valence-corrected chi connectivity index (χ4v) is 2.59. The predicted molar refractivity (Wildman–Crippen MR) is 80.8 cm³/mol. The molecule has 1 aromatic rings. The Morgan fingerprint density at radius 2 is 2.16 bits per heavy atom. The van der Waals surface area contributed by atoms with E-state index in [1.807, 2.05) is 6.07 Å². The first-order chi connectivity index (χ1) is 9.16. The third kappa shape index (κ3) is 4.45. The lowest BCUT2D eigenvalue weighted by Crippen LogP contribution is -2.46. The van der Waals surface area contributed by atoms with Crippen molar-refractivity contribution < 1.29 is 4.79 Å². The number of hydrogen-bond donors (Lipinski definition) is 2. The summed E-state index contributed by atoms with van der Waals surface area (Å²) >= 11 is 9.36. The Balaban J connectivity index is 1.82. The molecule has 1 aliphatic heterocycles. The van der Waals surface area contributed by atoms with Gasteiger partial charge in [0.2, 0.25) is 0 Å². The van der Waals surface area contributed by atoms with Gasteiger partial charge < -0.3 is 10.6 Å². The summed E-state index contributed by atoms with van der Waals surface area (Å²) in [4.78, 5) is 14.3. The molecule has 2 rings (SSSR count). The minimum Gasteiger partial charge on any atom is -0.351 e. The fraction of sp³-hybridized carbons (Fsp3) is 0.462. The summed E-state index contributed by atoms with van der Waals surface area (Å²) in [6.45, 7) is 5.62. The SMILES string of the molecule is O=C(NCCN1CCNCC1)c1cc(Br)ccc1Cl. The van der Waals surface area contributed by atoms with E-state index >= 15 is 0 Å². The van der Waals surface area contributed by atoms with Gasteiger partial charge in [0, 0.05) is 43.7 Å². The van der Waals surface area contributed by atoms with Crippen molar-refractivity contribution in [3.05, 3.63) is 33.3 Å². The largest absolute Gasteiger partial charge is 0.351 e. The van der Waals surface area contributed by atoms with Crippen LogP contribution in [0.4, 0.5) is 0 Å². The standard InChI is InChI=1S/C13H17BrClN3O/c14-10-1-2-12(15)11(9-10)13(19)17-5-8-18-6-3-16-4-7-18/h1-2,9,16H,3-8H2,(H,17,19). The molecule has 19 heavy (non-hydrogen) atoms. The highest BCUT2D eigenvalue weighted by Crippen LogP contribution is 2.20.